The number of carbonyl (C=O) groups is 1. The molecule has 0 saturated heterocycles. The molecule has 0 bridgehead atoms. The third-order valence-corrected chi connectivity index (χ3v) is 3.93. The summed E-state index contributed by atoms with van der Waals surface area (Å²) in [5, 5.41) is 10.8. The molecule has 4 rings (SSSR count). The maximum absolute atomic E-state index is 12.7. The largest absolute Gasteiger partial charge is 0.368 e. The molecule has 0 saturated carbocycles. The first-order valence-corrected chi connectivity index (χ1v) is 7.12. The molecular formula is C17H10N4O3. The van der Waals surface area contributed by atoms with Crippen molar-refractivity contribution < 1.29 is 9.72 Å². The highest BCUT2D eigenvalue weighted by atomic mass is 16.6. The summed E-state index contributed by atoms with van der Waals surface area (Å²) in [6, 6.07) is 13.0. The average molecular weight is 318 g/mol. The number of nitrogens with two attached hydrogens (primary N) is 1. The van der Waals surface area contributed by atoms with Gasteiger partial charge in [-0.05, 0) is 12.1 Å². The number of non-ortho nitro benzene ring substituents is 1. The van der Waals surface area contributed by atoms with Gasteiger partial charge in [0.25, 0.3) is 5.69 Å². The number of rotatable bonds is 2. The van der Waals surface area contributed by atoms with E-state index >= 15 is 0 Å². The van der Waals surface area contributed by atoms with Crippen molar-refractivity contribution in [3.8, 4) is 22.5 Å². The summed E-state index contributed by atoms with van der Waals surface area (Å²) in [5.41, 5.74) is 8.87. The monoisotopic (exact) mass is 318 g/mol. The Balaban J connectivity index is 1.95. The molecule has 0 unspecified atom stereocenters. The van der Waals surface area contributed by atoms with Crippen molar-refractivity contribution >= 4 is 17.4 Å². The number of fused-ring (bicyclic) bond motifs is 3. The van der Waals surface area contributed by atoms with E-state index in [1.165, 1.54) is 12.1 Å². The highest BCUT2D eigenvalue weighted by Crippen LogP contribution is 2.40. The Morgan fingerprint density at radius 2 is 1.54 bits per heavy atom. The maximum atomic E-state index is 12.7. The Hall–Kier alpha value is -3.61. The van der Waals surface area contributed by atoms with Gasteiger partial charge in [-0.25, -0.2) is 9.97 Å². The van der Waals surface area contributed by atoms with Crippen LogP contribution in [0, 0.1) is 10.1 Å². The molecule has 0 atom stereocenters. The number of hydrogen-bond acceptors (Lipinski definition) is 6. The van der Waals surface area contributed by atoms with Crippen LogP contribution in [0.15, 0.2) is 48.5 Å². The molecule has 0 radical (unpaired) electrons. The Morgan fingerprint density at radius 1 is 0.917 bits per heavy atom. The minimum Gasteiger partial charge on any atom is -0.368 e. The average Bonchev–Trinajstić information content (AvgIpc) is 2.87. The van der Waals surface area contributed by atoms with Crippen LogP contribution in [0.3, 0.4) is 0 Å². The second-order valence-corrected chi connectivity index (χ2v) is 5.33. The summed E-state index contributed by atoms with van der Waals surface area (Å²) in [6.45, 7) is 0. The van der Waals surface area contributed by atoms with E-state index in [1.807, 2.05) is 12.1 Å². The third-order valence-electron chi connectivity index (χ3n) is 3.93. The van der Waals surface area contributed by atoms with Gasteiger partial charge in [0.15, 0.2) is 5.78 Å². The molecule has 0 aliphatic heterocycles. The summed E-state index contributed by atoms with van der Waals surface area (Å²) in [4.78, 5) is 31.5. The van der Waals surface area contributed by atoms with E-state index in [-0.39, 0.29) is 17.4 Å². The maximum Gasteiger partial charge on any atom is 0.269 e. The molecule has 1 heterocycles. The van der Waals surface area contributed by atoms with Crippen LogP contribution in [0.5, 0.6) is 0 Å². The van der Waals surface area contributed by atoms with Crippen molar-refractivity contribution in [2.75, 3.05) is 5.73 Å². The molecule has 2 aromatic carbocycles. The van der Waals surface area contributed by atoms with Gasteiger partial charge in [-0.2, -0.15) is 0 Å². The Labute approximate surface area is 135 Å². The van der Waals surface area contributed by atoms with Crippen LogP contribution in [0.1, 0.15) is 15.9 Å². The van der Waals surface area contributed by atoms with Crippen molar-refractivity contribution in [1.82, 2.24) is 9.97 Å². The Morgan fingerprint density at radius 3 is 2.21 bits per heavy atom. The van der Waals surface area contributed by atoms with E-state index in [1.54, 1.807) is 24.3 Å². The SMILES string of the molecule is Nc1nc(-c2ccc([N+](=O)[O-])cc2)c2c(n1)-c1ccccc1C2=O. The molecule has 0 amide bonds. The number of carbonyl (C=O) groups excluding carboxylic acids is 1. The van der Waals surface area contributed by atoms with Crippen LogP contribution in [0.25, 0.3) is 22.5 Å². The quantitative estimate of drug-likeness (QED) is 0.449. The first kappa shape index (κ1) is 14.0. The smallest absolute Gasteiger partial charge is 0.269 e. The highest BCUT2D eigenvalue weighted by Gasteiger charge is 2.32. The van der Waals surface area contributed by atoms with Crippen LogP contribution in [-0.4, -0.2) is 20.7 Å². The first-order valence-electron chi connectivity index (χ1n) is 7.12. The summed E-state index contributed by atoms with van der Waals surface area (Å²) >= 11 is 0. The van der Waals surface area contributed by atoms with Crippen LogP contribution in [-0.2, 0) is 0 Å². The van der Waals surface area contributed by atoms with Crippen molar-refractivity contribution in [2.24, 2.45) is 0 Å². The number of anilines is 1. The van der Waals surface area contributed by atoms with Gasteiger partial charge < -0.3 is 5.73 Å². The predicted octanol–water partition coefficient (Wildman–Crippen LogP) is 2.85. The highest BCUT2D eigenvalue weighted by molar-refractivity contribution is 6.23. The third kappa shape index (κ3) is 1.95. The number of ketones is 1. The fourth-order valence-electron chi connectivity index (χ4n) is 2.86. The van der Waals surface area contributed by atoms with E-state index in [9.17, 15) is 14.9 Å². The fraction of sp³-hybridized carbons (Fsp3) is 0. The molecule has 1 aromatic heterocycles. The number of nitro groups is 1. The van der Waals surface area contributed by atoms with Crippen molar-refractivity contribution in [2.45, 2.75) is 0 Å². The van der Waals surface area contributed by atoms with E-state index in [0.717, 1.165) is 5.56 Å². The number of hydrogen-bond donors (Lipinski definition) is 1. The first-order chi connectivity index (χ1) is 11.6. The second kappa shape index (κ2) is 4.95. The normalized spacial score (nSPS) is 11.9. The van der Waals surface area contributed by atoms with E-state index < -0.39 is 4.92 Å². The topological polar surface area (TPSA) is 112 Å². The lowest BCUT2D eigenvalue weighted by Gasteiger charge is -2.07. The fourth-order valence-corrected chi connectivity index (χ4v) is 2.86. The molecule has 7 nitrogen and oxygen atoms in total. The van der Waals surface area contributed by atoms with Crippen molar-refractivity contribution in [1.29, 1.82) is 0 Å². The van der Waals surface area contributed by atoms with Gasteiger partial charge in [-0.1, -0.05) is 24.3 Å². The van der Waals surface area contributed by atoms with Crippen LogP contribution in [0.4, 0.5) is 11.6 Å². The number of nitro benzene ring substituents is 1. The van der Waals surface area contributed by atoms with Gasteiger partial charge in [0, 0.05) is 28.8 Å². The summed E-state index contributed by atoms with van der Waals surface area (Å²) in [6.07, 6.45) is 0. The zero-order chi connectivity index (χ0) is 16.8. The van der Waals surface area contributed by atoms with Gasteiger partial charge in [0.2, 0.25) is 5.95 Å². The van der Waals surface area contributed by atoms with E-state index in [4.69, 9.17) is 5.73 Å². The number of nitrogens with zero attached hydrogens (tertiary/aromatic N) is 3. The van der Waals surface area contributed by atoms with Crippen LogP contribution >= 0.6 is 0 Å². The predicted molar refractivity (Wildman–Crippen MR) is 87.4 cm³/mol. The number of benzene rings is 2. The number of nitrogen functional groups attached to an aromatic ring is 1. The summed E-state index contributed by atoms with van der Waals surface area (Å²) in [5.74, 6) is -0.124. The lowest BCUT2D eigenvalue weighted by Crippen LogP contribution is -2.05. The molecule has 0 spiro atoms. The van der Waals surface area contributed by atoms with Crippen molar-refractivity contribution in [3.05, 3.63) is 69.8 Å². The number of aromatic nitrogens is 2. The standard InChI is InChI=1S/C17H10N4O3/c18-17-19-14(9-5-7-10(8-6-9)21(23)24)13-15(20-17)11-3-1-2-4-12(11)16(13)22/h1-8H,(H2,18,19,20). The molecule has 116 valence electrons. The molecule has 1 aliphatic carbocycles. The Bertz CT molecular complexity index is 1010. The van der Waals surface area contributed by atoms with Gasteiger partial charge in [0.05, 0.1) is 21.9 Å². The lowest BCUT2D eigenvalue weighted by atomic mass is 10.0. The van der Waals surface area contributed by atoms with Crippen LogP contribution < -0.4 is 5.73 Å². The molecule has 0 fully saturated rings. The molecule has 24 heavy (non-hydrogen) atoms. The molecule has 2 N–H and O–H groups in total. The summed E-state index contributed by atoms with van der Waals surface area (Å²) < 4.78 is 0. The van der Waals surface area contributed by atoms with E-state index in [2.05, 4.69) is 9.97 Å². The molecule has 1 aliphatic rings. The second-order valence-electron chi connectivity index (χ2n) is 5.33. The van der Waals surface area contributed by atoms with Crippen LogP contribution in [0.2, 0.25) is 0 Å². The Kier molecular flexibility index (Phi) is 2.89. The zero-order valence-electron chi connectivity index (χ0n) is 12.3. The zero-order valence-corrected chi connectivity index (χ0v) is 12.3. The molecule has 3 aromatic rings. The van der Waals surface area contributed by atoms with E-state index in [0.29, 0.717) is 28.1 Å². The molecular weight excluding hydrogens is 308 g/mol. The van der Waals surface area contributed by atoms with Gasteiger partial charge in [-0.15, -0.1) is 0 Å². The lowest BCUT2D eigenvalue weighted by molar-refractivity contribution is -0.384. The van der Waals surface area contributed by atoms with Gasteiger partial charge in [-0.3, -0.25) is 14.9 Å². The molecule has 7 heteroatoms. The van der Waals surface area contributed by atoms with Gasteiger partial charge >= 0.3 is 0 Å². The van der Waals surface area contributed by atoms with Gasteiger partial charge in [0.1, 0.15) is 0 Å². The summed E-state index contributed by atoms with van der Waals surface area (Å²) in [7, 11) is 0. The minimum absolute atomic E-state index is 0.0352. The van der Waals surface area contributed by atoms with Crippen molar-refractivity contribution in [3.63, 3.8) is 0 Å². The minimum atomic E-state index is -0.483.